The van der Waals surface area contributed by atoms with Gasteiger partial charge in [-0.2, -0.15) is 5.11 Å². The Labute approximate surface area is 189 Å². The number of nitrogens with one attached hydrogen (secondary N) is 1. The molecular formula is C26H32F2N4. The van der Waals surface area contributed by atoms with E-state index in [9.17, 15) is 8.78 Å². The van der Waals surface area contributed by atoms with E-state index in [0.717, 1.165) is 55.7 Å². The number of rotatable bonds is 5. The number of anilines is 1. The number of fused-ring (bicyclic) bond motifs is 2. The molecular weight excluding hydrogens is 406 g/mol. The van der Waals surface area contributed by atoms with Crippen molar-refractivity contribution >= 4 is 17.1 Å². The second-order valence-corrected chi connectivity index (χ2v) is 9.47. The molecule has 3 aliphatic rings. The zero-order chi connectivity index (χ0) is 21.9. The minimum atomic E-state index is -0.563. The first-order valence-corrected chi connectivity index (χ1v) is 12.2. The van der Waals surface area contributed by atoms with Crippen LogP contribution in [0.1, 0.15) is 56.1 Å². The van der Waals surface area contributed by atoms with Crippen LogP contribution in [0.2, 0.25) is 0 Å². The number of hydrogen-bond acceptors (Lipinski definition) is 4. The van der Waals surface area contributed by atoms with E-state index >= 15 is 0 Å². The first kappa shape index (κ1) is 21.5. The van der Waals surface area contributed by atoms with E-state index in [1.165, 1.54) is 68.4 Å². The molecule has 2 aliphatic heterocycles. The zero-order valence-electron chi connectivity index (χ0n) is 18.6. The van der Waals surface area contributed by atoms with E-state index in [-0.39, 0.29) is 5.69 Å². The summed E-state index contributed by atoms with van der Waals surface area (Å²) in [5.74, 6) is -0.369. The van der Waals surface area contributed by atoms with Gasteiger partial charge in [0.15, 0.2) is 5.82 Å². The van der Waals surface area contributed by atoms with Crippen LogP contribution in [0.4, 0.5) is 25.8 Å². The largest absolute Gasteiger partial charge is 0.384 e. The van der Waals surface area contributed by atoms with E-state index in [0.29, 0.717) is 5.92 Å². The fraction of sp³-hybridized carbons (Fsp3) is 0.538. The summed E-state index contributed by atoms with van der Waals surface area (Å²) in [4.78, 5) is 2.71. The lowest BCUT2D eigenvalue weighted by atomic mass is 9.83. The maximum atomic E-state index is 13.9. The van der Waals surface area contributed by atoms with Gasteiger partial charge in [0.2, 0.25) is 0 Å². The fourth-order valence-corrected chi connectivity index (χ4v) is 5.83. The molecule has 0 saturated carbocycles. The van der Waals surface area contributed by atoms with Crippen molar-refractivity contribution < 1.29 is 8.78 Å². The summed E-state index contributed by atoms with van der Waals surface area (Å²) in [6.45, 7) is 3.55. The monoisotopic (exact) mass is 438 g/mol. The third-order valence-electron chi connectivity index (χ3n) is 7.47. The molecule has 2 heterocycles. The Hall–Kier alpha value is -2.34. The Kier molecular flexibility index (Phi) is 6.49. The van der Waals surface area contributed by atoms with Crippen LogP contribution in [0.25, 0.3) is 0 Å². The lowest BCUT2D eigenvalue weighted by Crippen LogP contribution is -2.49. The Morgan fingerprint density at radius 3 is 2.56 bits per heavy atom. The van der Waals surface area contributed by atoms with Crippen LogP contribution in [0.3, 0.4) is 0 Å². The molecule has 1 N–H and O–H groups in total. The number of nitrogens with zero attached hydrogens (tertiary/aromatic N) is 3. The Morgan fingerprint density at radius 2 is 1.66 bits per heavy atom. The van der Waals surface area contributed by atoms with Crippen LogP contribution in [-0.2, 0) is 12.8 Å². The molecule has 32 heavy (non-hydrogen) atoms. The molecule has 2 fully saturated rings. The van der Waals surface area contributed by atoms with Crippen molar-refractivity contribution in [2.75, 3.05) is 25.0 Å². The van der Waals surface area contributed by atoms with Gasteiger partial charge in [0, 0.05) is 24.3 Å². The van der Waals surface area contributed by atoms with Crippen molar-refractivity contribution in [2.24, 2.45) is 16.1 Å². The average Bonchev–Trinajstić information content (AvgIpc) is 2.83. The minimum absolute atomic E-state index is 0.0638. The van der Waals surface area contributed by atoms with E-state index in [1.54, 1.807) is 0 Å². The highest BCUT2D eigenvalue weighted by atomic mass is 19.1. The molecule has 170 valence electrons. The predicted octanol–water partition coefficient (Wildman–Crippen LogP) is 6.94. The minimum Gasteiger partial charge on any atom is -0.384 e. The molecule has 2 saturated heterocycles. The van der Waals surface area contributed by atoms with Crippen molar-refractivity contribution in [3.05, 3.63) is 53.1 Å². The summed E-state index contributed by atoms with van der Waals surface area (Å²) in [6, 6.07) is 8.07. The van der Waals surface area contributed by atoms with Crippen LogP contribution < -0.4 is 5.32 Å². The van der Waals surface area contributed by atoms with Gasteiger partial charge in [-0.3, -0.25) is 0 Å². The van der Waals surface area contributed by atoms with Gasteiger partial charge in [0.25, 0.3) is 0 Å². The second kappa shape index (κ2) is 9.65. The van der Waals surface area contributed by atoms with Gasteiger partial charge in [-0.1, -0.05) is 6.42 Å². The molecule has 2 atom stereocenters. The van der Waals surface area contributed by atoms with Gasteiger partial charge in [0.1, 0.15) is 11.5 Å². The Morgan fingerprint density at radius 1 is 0.844 bits per heavy atom. The first-order valence-electron chi connectivity index (χ1n) is 12.2. The van der Waals surface area contributed by atoms with Crippen LogP contribution in [-0.4, -0.2) is 30.6 Å². The lowest BCUT2D eigenvalue weighted by Gasteiger charge is -2.44. The van der Waals surface area contributed by atoms with Gasteiger partial charge in [-0.15, -0.1) is 5.11 Å². The van der Waals surface area contributed by atoms with E-state index in [2.05, 4.69) is 26.5 Å². The zero-order valence-corrected chi connectivity index (χ0v) is 18.6. The third kappa shape index (κ3) is 4.56. The van der Waals surface area contributed by atoms with Crippen molar-refractivity contribution in [1.29, 1.82) is 0 Å². The maximum absolute atomic E-state index is 13.9. The van der Waals surface area contributed by atoms with E-state index in [1.807, 2.05) is 6.07 Å². The second-order valence-electron chi connectivity index (χ2n) is 9.47. The third-order valence-corrected chi connectivity index (χ3v) is 7.47. The number of benzene rings is 2. The molecule has 0 aromatic heterocycles. The number of hydrogen-bond donors (Lipinski definition) is 1. The first-order chi connectivity index (χ1) is 15.7. The summed E-state index contributed by atoms with van der Waals surface area (Å²) in [5.41, 5.74) is 4.44. The van der Waals surface area contributed by atoms with Crippen molar-refractivity contribution in [3.8, 4) is 0 Å². The molecule has 0 radical (unpaired) electrons. The Balaban J connectivity index is 1.34. The quantitative estimate of drug-likeness (QED) is 0.514. The molecule has 2 aromatic carbocycles. The summed E-state index contributed by atoms with van der Waals surface area (Å²) in [5, 5.41) is 12.1. The highest BCUT2D eigenvalue weighted by Gasteiger charge is 2.32. The summed E-state index contributed by atoms with van der Waals surface area (Å²) >= 11 is 0. The molecule has 0 bridgehead atoms. The summed E-state index contributed by atoms with van der Waals surface area (Å²) in [7, 11) is 0. The molecule has 1 aliphatic carbocycles. The summed E-state index contributed by atoms with van der Waals surface area (Å²) < 4.78 is 27.4. The van der Waals surface area contributed by atoms with Crippen LogP contribution in [0.15, 0.2) is 40.6 Å². The highest BCUT2D eigenvalue weighted by Crippen LogP contribution is 2.37. The molecule has 0 unspecified atom stereocenters. The van der Waals surface area contributed by atoms with Gasteiger partial charge in [-0.25, -0.2) is 8.78 Å². The van der Waals surface area contributed by atoms with Gasteiger partial charge >= 0.3 is 0 Å². The highest BCUT2D eigenvalue weighted by molar-refractivity contribution is 5.64. The van der Waals surface area contributed by atoms with E-state index in [4.69, 9.17) is 0 Å². The lowest BCUT2D eigenvalue weighted by molar-refractivity contribution is 0.0649. The smallest absolute Gasteiger partial charge is 0.150 e. The van der Waals surface area contributed by atoms with Crippen LogP contribution >= 0.6 is 0 Å². The molecule has 0 amide bonds. The van der Waals surface area contributed by atoms with Gasteiger partial charge in [0.05, 0.1) is 5.69 Å². The SMILES string of the molecule is Fc1ccc(F)c(N=Nc2ccc(NC[C@@H]3CCCN4CCCC[C@H]34)c3c2CCCC3)c1. The van der Waals surface area contributed by atoms with Crippen LogP contribution in [0.5, 0.6) is 0 Å². The average molecular weight is 439 g/mol. The van der Waals surface area contributed by atoms with Gasteiger partial charge in [-0.05, 0) is 106 Å². The van der Waals surface area contributed by atoms with Crippen molar-refractivity contribution in [2.45, 2.75) is 63.8 Å². The fourth-order valence-electron chi connectivity index (χ4n) is 5.83. The molecule has 2 aromatic rings. The summed E-state index contributed by atoms with van der Waals surface area (Å²) in [6.07, 6.45) is 10.9. The molecule has 5 rings (SSSR count). The maximum Gasteiger partial charge on any atom is 0.150 e. The number of piperidine rings is 2. The molecule has 0 spiro atoms. The Bertz CT molecular complexity index is 988. The molecule has 4 nitrogen and oxygen atoms in total. The number of halogens is 2. The van der Waals surface area contributed by atoms with Gasteiger partial charge < -0.3 is 10.2 Å². The van der Waals surface area contributed by atoms with Crippen molar-refractivity contribution in [3.63, 3.8) is 0 Å². The van der Waals surface area contributed by atoms with E-state index < -0.39 is 11.6 Å². The predicted molar refractivity (Wildman–Crippen MR) is 124 cm³/mol. The topological polar surface area (TPSA) is 40.0 Å². The number of azo groups is 1. The van der Waals surface area contributed by atoms with Crippen molar-refractivity contribution in [1.82, 2.24) is 4.90 Å². The normalized spacial score (nSPS) is 23.7. The standard InChI is InChI=1S/C26H32F2N4/c27-19-10-11-22(28)25(16-19)31-30-24-13-12-23(20-7-1-2-8-21(20)24)29-17-18-6-5-15-32-14-4-3-9-26(18)32/h10-13,16,18,26,29H,1-9,14-15,17H2/t18-,26+/m0/s1. The van der Waals surface area contributed by atoms with Crippen LogP contribution in [0, 0.1) is 17.6 Å². The molecule has 6 heteroatoms.